The highest BCUT2D eigenvalue weighted by atomic mass is 32.2. The highest BCUT2D eigenvalue weighted by Gasteiger charge is 2.30. The van der Waals surface area contributed by atoms with Crippen molar-refractivity contribution >= 4 is 22.3 Å². The number of aldehydes is 1. The van der Waals surface area contributed by atoms with Crippen molar-refractivity contribution in [2.24, 2.45) is 5.92 Å². The van der Waals surface area contributed by atoms with Crippen molar-refractivity contribution in [2.45, 2.75) is 82.8 Å². The summed E-state index contributed by atoms with van der Waals surface area (Å²) in [7, 11) is 2.05. The van der Waals surface area contributed by atoms with Gasteiger partial charge in [-0.3, -0.25) is 9.69 Å². The zero-order chi connectivity index (χ0) is 34.1. The minimum absolute atomic E-state index is 0.0520. The van der Waals surface area contributed by atoms with E-state index in [9.17, 15) is 13.2 Å². The van der Waals surface area contributed by atoms with Gasteiger partial charge in [-0.05, 0) is 89.2 Å². The van der Waals surface area contributed by atoms with Gasteiger partial charge >= 0.3 is 0 Å². The van der Waals surface area contributed by atoms with E-state index >= 15 is 0 Å². The van der Waals surface area contributed by atoms with Crippen molar-refractivity contribution in [3.05, 3.63) is 65.2 Å². The van der Waals surface area contributed by atoms with Gasteiger partial charge < -0.3 is 14.4 Å². The van der Waals surface area contributed by atoms with Crippen LogP contribution in [0.4, 0.5) is 5.95 Å². The van der Waals surface area contributed by atoms with Gasteiger partial charge in [0.1, 0.15) is 12.9 Å². The maximum absolute atomic E-state index is 13.4. The third-order valence-electron chi connectivity index (χ3n) is 9.23. The molecule has 11 heteroatoms. The number of rotatable bonds is 16. The van der Waals surface area contributed by atoms with Crippen LogP contribution in [0.15, 0.2) is 53.4 Å². The summed E-state index contributed by atoms with van der Waals surface area (Å²) in [4.78, 5) is 25.3. The Labute approximate surface area is 280 Å². The number of aryl methyl sites for hydroxylation is 2. The van der Waals surface area contributed by atoms with Crippen LogP contribution >= 0.6 is 0 Å². The second-order valence-electron chi connectivity index (χ2n) is 13.2. The SMILES string of the molecule is COCCN(C)C1CCC(N(C)[C@@H](COc2cc(-c3c(C)cccc3C)nc(NS(=O)(=O)c3cccc(C=O)c3)n2)CC(C)C)CC1. The molecule has 1 saturated carbocycles. The van der Waals surface area contributed by atoms with E-state index < -0.39 is 10.0 Å². The Hall–Kier alpha value is -3.38. The number of aromatic nitrogens is 2. The molecule has 47 heavy (non-hydrogen) atoms. The molecule has 1 atom stereocenters. The van der Waals surface area contributed by atoms with E-state index in [1.54, 1.807) is 19.2 Å². The zero-order valence-corrected chi connectivity index (χ0v) is 29.7. The van der Waals surface area contributed by atoms with Crippen molar-refractivity contribution in [1.29, 1.82) is 0 Å². The van der Waals surface area contributed by atoms with Crippen molar-refractivity contribution in [2.75, 3.05) is 45.7 Å². The highest BCUT2D eigenvalue weighted by Crippen LogP contribution is 2.31. The normalized spacial score (nSPS) is 17.7. The molecule has 0 bridgehead atoms. The lowest BCUT2D eigenvalue weighted by Crippen LogP contribution is -2.48. The van der Waals surface area contributed by atoms with Crippen LogP contribution in [-0.4, -0.2) is 93.6 Å². The molecule has 2 aromatic carbocycles. The summed E-state index contributed by atoms with van der Waals surface area (Å²) in [5, 5.41) is 0. The van der Waals surface area contributed by atoms with Gasteiger partial charge in [0.2, 0.25) is 11.8 Å². The van der Waals surface area contributed by atoms with E-state index in [0.717, 1.165) is 61.9 Å². The highest BCUT2D eigenvalue weighted by molar-refractivity contribution is 7.92. The Morgan fingerprint density at radius 1 is 0.979 bits per heavy atom. The first kappa shape index (κ1) is 36.5. The molecular formula is C36H51N5O5S. The summed E-state index contributed by atoms with van der Waals surface area (Å²) in [5.41, 5.74) is 3.72. The van der Waals surface area contributed by atoms with Gasteiger partial charge in [-0.1, -0.05) is 44.2 Å². The number of hydrogen-bond acceptors (Lipinski definition) is 9. The number of hydrogen-bond donors (Lipinski definition) is 1. The molecule has 1 aromatic heterocycles. The van der Waals surface area contributed by atoms with Crippen molar-refractivity contribution in [3.8, 4) is 17.1 Å². The van der Waals surface area contributed by atoms with Crippen molar-refractivity contribution in [1.82, 2.24) is 19.8 Å². The summed E-state index contributed by atoms with van der Waals surface area (Å²) >= 11 is 0. The zero-order valence-electron chi connectivity index (χ0n) is 28.9. The number of carbonyl (C=O) groups is 1. The first-order chi connectivity index (χ1) is 22.4. The number of benzene rings is 2. The monoisotopic (exact) mass is 665 g/mol. The molecule has 0 aliphatic heterocycles. The number of sulfonamides is 1. The van der Waals surface area contributed by atoms with Gasteiger partial charge in [-0.15, -0.1) is 0 Å². The Morgan fingerprint density at radius 2 is 1.64 bits per heavy atom. The summed E-state index contributed by atoms with van der Waals surface area (Å²) in [6.07, 6.45) is 6.10. The van der Waals surface area contributed by atoms with Crippen LogP contribution in [0.25, 0.3) is 11.3 Å². The summed E-state index contributed by atoms with van der Waals surface area (Å²) < 4.78 is 41.0. The molecule has 0 radical (unpaired) electrons. The summed E-state index contributed by atoms with van der Waals surface area (Å²) in [6, 6.07) is 14.8. The molecule has 1 heterocycles. The number of methoxy groups -OCH3 is 1. The minimum Gasteiger partial charge on any atom is -0.476 e. The molecule has 3 aromatic rings. The molecule has 256 valence electrons. The van der Waals surface area contributed by atoms with E-state index in [1.165, 1.54) is 18.2 Å². The minimum atomic E-state index is -4.08. The van der Waals surface area contributed by atoms with E-state index in [0.29, 0.717) is 42.5 Å². The van der Waals surface area contributed by atoms with E-state index in [-0.39, 0.29) is 22.4 Å². The fourth-order valence-corrected chi connectivity index (χ4v) is 7.52. The van der Waals surface area contributed by atoms with Gasteiger partial charge in [0.25, 0.3) is 10.0 Å². The summed E-state index contributed by atoms with van der Waals surface area (Å²) in [6.45, 7) is 10.5. The van der Waals surface area contributed by atoms with Crippen molar-refractivity contribution < 1.29 is 22.7 Å². The maximum atomic E-state index is 13.4. The molecule has 1 aliphatic rings. The number of carbonyl (C=O) groups excluding carboxylic acids is 1. The van der Waals surface area contributed by atoms with Crippen LogP contribution in [0.5, 0.6) is 5.88 Å². The quantitative estimate of drug-likeness (QED) is 0.184. The Bertz CT molecular complexity index is 1570. The van der Waals surface area contributed by atoms with Crippen LogP contribution in [0.1, 0.15) is 67.4 Å². The molecule has 4 rings (SSSR count). The smallest absolute Gasteiger partial charge is 0.264 e. The lowest BCUT2D eigenvalue weighted by atomic mass is 9.88. The van der Waals surface area contributed by atoms with Crippen LogP contribution in [0.2, 0.25) is 0 Å². The van der Waals surface area contributed by atoms with E-state index in [1.807, 2.05) is 32.0 Å². The first-order valence-electron chi connectivity index (χ1n) is 16.5. The molecule has 1 fully saturated rings. The van der Waals surface area contributed by atoms with Crippen LogP contribution in [-0.2, 0) is 14.8 Å². The molecule has 0 unspecified atom stereocenters. The summed E-state index contributed by atoms with van der Waals surface area (Å²) in [5.74, 6) is 0.659. The maximum Gasteiger partial charge on any atom is 0.264 e. The Balaban J connectivity index is 1.58. The molecule has 0 spiro atoms. The fourth-order valence-electron chi connectivity index (χ4n) is 6.53. The Kier molecular flexibility index (Phi) is 12.9. The molecule has 1 N–H and O–H groups in total. The third kappa shape index (κ3) is 9.82. The third-order valence-corrected chi connectivity index (χ3v) is 10.6. The molecule has 0 saturated heterocycles. The largest absolute Gasteiger partial charge is 0.476 e. The van der Waals surface area contributed by atoms with Crippen LogP contribution in [0.3, 0.4) is 0 Å². The average Bonchev–Trinajstić information content (AvgIpc) is 3.04. The van der Waals surface area contributed by atoms with Crippen LogP contribution in [0, 0.1) is 19.8 Å². The lowest BCUT2D eigenvalue weighted by molar-refractivity contribution is 0.0581. The van der Waals surface area contributed by atoms with Crippen LogP contribution < -0.4 is 9.46 Å². The number of likely N-dealkylation sites (N-methyl/N-ethyl adjacent to an activating group) is 2. The van der Waals surface area contributed by atoms with Gasteiger partial charge in [0.05, 0.1) is 17.2 Å². The van der Waals surface area contributed by atoms with Crippen molar-refractivity contribution in [3.63, 3.8) is 0 Å². The second-order valence-corrected chi connectivity index (χ2v) is 14.9. The molecule has 0 amide bonds. The lowest BCUT2D eigenvalue weighted by Gasteiger charge is -2.41. The fraction of sp³-hybridized carbons (Fsp3) is 0.528. The molecule has 1 aliphatic carbocycles. The van der Waals surface area contributed by atoms with E-state index in [4.69, 9.17) is 9.47 Å². The van der Waals surface area contributed by atoms with Gasteiger partial charge in [0, 0.05) is 49.0 Å². The first-order valence-corrected chi connectivity index (χ1v) is 18.0. The number of nitrogens with zero attached hydrogens (tertiary/aromatic N) is 4. The van der Waals surface area contributed by atoms with Gasteiger partial charge in [0.15, 0.2) is 0 Å². The molecule has 10 nitrogen and oxygen atoms in total. The predicted molar refractivity (Wildman–Crippen MR) is 187 cm³/mol. The van der Waals surface area contributed by atoms with E-state index in [2.05, 4.69) is 52.4 Å². The topological polar surface area (TPSA) is 114 Å². The molecular weight excluding hydrogens is 614 g/mol. The van der Waals surface area contributed by atoms with Gasteiger partial charge in [-0.25, -0.2) is 18.1 Å². The Morgan fingerprint density at radius 3 is 2.28 bits per heavy atom. The number of ether oxygens (including phenoxy) is 2. The average molecular weight is 666 g/mol. The van der Waals surface area contributed by atoms with Gasteiger partial charge in [-0.2, -0.15) is 4.98 Å². The number of nitrogens with one attached hydrogen (secondary N) is 1. The standard InChI is InChI=1S/C36H51N5O5S/c1-25(2)20-31(41(6)30-16-14-29(15-17-30)40(5)18-19-45-7)24-46-34-22-33(35-26(3)10-8-11-27(35)4)37-36(38-34)39-47(43,44)32-13-9-12-28(21-32)23-42/h8-13,21-23,25,29-31H,14-20,24H2,1-7H3,(H,37,38,39)/t29?,30?,31-/m1/s1. The number of anilines is 1. The second kappa shape index (κ2) is 16.6. The predicted octanol–water partition coefficient (Wildman–Crippen LogP) is 5.99.